The molecule has 1 heterocycles. The largest absolute Gasteiger partial charge is 0.314 e. The van der Waals surface area contributed by atoms with Crippen molar-refractivity contribution in [2.45, 2.75) is 58.9 Å². The van der Waals surface area contributed by atoms with Crippen LogP contribution in [0.2, 0.25) is 0 Å². The van der Waals surface area contributed by atoms with Gasteiger partial charge in [0.2, 0.25) is 0 Å². The van der Waals surface area contributed by atoms with E-state index in [2.05, 4.69) is 42.9 Å². The maximum atomic E-state index is 3.74. The minimum Gasteiger partial charge on any atom is -0.314 e. The molecule has 1 fully saturated rings. The van der Waals surface area contributed by atoms with Gasteiger partial charge in [-0.1, -0.05) is 20.8 Å². The maximum Gasteiger partial charge on any atom is 0.00674 e. The SMILES string of the molecule is CC(C)(C)C1CCC(NCCc2ccsc2)CC1. The molecule has 1 N–H and O–H groups in total. The Hall–Kier alpha value is -0.340. The van der Waals surface area contributed by atoms with Gasteiger partial charge in [-0.3, -0.25) is 0 Å². The third kappa shape index (κ3) is 4.10. The van der Waals surface area contributed by atoms with Crippen molar-refractivity contribution in [1.82, 2.24) is 5.32 Å². The summed E-state index contributed by atoms with van der Waals surface area (Å²) in [6, 6.07) is 3.00. The van der Waals surface area contributed by atoms with Crippen LogP contribution >= 0.6 is 11.3 Å². The lowest BCUT2D eigenvalue weighted by atomic mass is 9.71. The van der Waals surface area contributed by atoms with E-state index in [-0.39, 0.29) is 0 Å². The molecule has 1 saturated carbocycles. The molecule has 1 nitrogen and oxygen atoms in total. The molecule has 0 spiro atoms. The van der Waals surface area contributed by atoms with Crippen LogP contribution < -0.4 is 5.32 Å². The smallest absolute Gasteiger partial charge is 0.00674 e. The second-order valence-corrected chi connectivity index (χ2v) is 7.53. The second-order valence-electron chi connectivity index (χ2n) is 6.75. The topological polar surface area (TPSA) is 12.0 Å². The van der Waals surface area contributed by atoms with E-state index < -0.39 is 0 Å². The summed E-state index contributed by atoms with van der Waals surface area (Å²) in [5.74, 6) is 0.924. The predicted octanol–water partition coefficient (Wildman–Crippen LogP) is 4.49. The third-order valence-electron chi connectivity index (χ3n) is 4.38. The van der Waals surface area contributed by atoms with Crippen LogP contribution in [0.25, 0.3) is 0 Å². The minimum atomic E-state index is 0.502. The van der Waals surface area contributed by atoms with E-state index in [0.29, 0.717) is 5.41 Å². The zero-order valence-corrected chi connectivity index (χ0v) is 12.9. The normalized spacial score (nSPS) is 25.3. The molecule has 0 bridgehead atoms. The van der Waals surface area contributed by atoms with Crippen molar-refractivity contribution in [2.75, 3.05) is 6.54 Å². The molecule has 1 aromatic rings. The number of nitrogens with one attached hydrogen (secondary N) is 1. The van der Waals surface area contributed by atoms with Gasteiger partial charge in [0.05, 0.1) is 0 Å². The first-order chi connectivity index (χ1) is 8.55. The van der Waals surface area contributed by atoms with Crippen molar-refractivity contribution in [3.05, 3.63) is 22.4 Å². The standard InChI is InChI=1S/C16H27NS/c1-16(2,3)14-4-6-15(7-5-14)17-10-8-13-9-11-18-12-13/h9,11-12,14-15,17H,4-8,10H2,1-3H3. The third-order valence-corrected chi connectivity index (χ3v) is 5.11. The van der Waals surface area contributed by atoms with E-state index >= 15 is 0 Å². The Morgan fingerprint density at radius 1 is 1.22 bits per heavy atom. The van der Waals surface area contributed by atoms with Crippen molar-refractivity contribution >= 4 is 11.3 Å². The monoisotopic (exact) mass is 265 g/mol. The molecule has 102 valence electrons. The van der Waals surface area contributed by atoms with Gasteiger partial charge in [-0.25, -0.2) is 0 Å². The van der Waals surface area contributed by atoms with Gasteiger partial charge >= 0.3 is 0 Å². The Morgan fingerprint density at radius 2 is 1.94 bits per heavy atom. The molecule has 1 aliphatic rings. The van der Waals surface area contributed by atoms with Crippen molar-refractivity contribution in [2.24, 2.45) is 11.3 Å². The van der Waals surface area contributed by atoms with Gasteiger partial charge in [0.1, 0.15) is 0 Å². The lowest BCUT2D eigenvalue weighted by Gasteiger charge is -2.37. The van der Waals surface area contributed by atoms with E-state index in [0.717, 1.165) is 18.5 Å². The molecule has 2 heteroatoms. The molecule has 1 aromatic heterocycles. The van der Waals surface area contributed by atoms with E-state index in [4.69, 9.17) is 0 Å². The minimum absolute atomic E-state index is 0.502. The summed E-state index contributed by atoms with van der Waals surface area (Å²) in [5.41, 5.74) is 1.98. The fourth-order valence-corrected chi connectivity index (χ4v) is 3.72. The van der Waals surface area contributed by atoms with Crippen LogP contribution in [0.15, 0.2) is 16.8 Å². The van der Waals surface area contributed by atoms with Crippen molar-refractivity contribution in [1.29, 1.82) is 0 Å². The quantitative estimate of drug-likeness (QED) is 0.846. The Kier molecular flexibility index (Phi) is 4.85. The van der Waals surface area contributed by atoms with E-state index in [1.165, 1.54) is 37.7 Å². The zero-order valence-electron chi connectivity index (χ0n) is 12.0. The molecular formula is C16H27NS. The molecule has 0 unspecified atom stereocenters. The number of rotatable bonds is 4. The van der Waals surface area contributed by atoms with Crippen LogP contribution in [-0.2, 0) is 6.42 Å². The van der Waals surface area contributed by atoms with Gasteiger partial charge in [-0.05, 0) is 72.4 Å². The molecule has 18 heavy (non-hydrogen) atoms. The highest BCUT2D eigenvalue weighted by molar-refractivity contribution is 7.07. The highest BCUT2D eigenvalue weighted by atomic mass is 32.1. The van der Waals surface area contributed by atoms with Crippen LogP contribution in [0.1, 0.15) is 52.0 Å². The van der Waals surface area contributed by atoms with E-state index in [1.807, 2.05) is 0 Å². The highest BCUT2D eigenvalue weighted by Crippen LogP contribution is 2.37. The number of hydrogen-bond acceptors (Lipinski definition) is 2. The Bertz CT molecular complexity index is 328. The maximum absolute atomic E-state index is 3.74. The summed E-state index contributed by atoms with van der Waals surface area (Å²) < 4.78 is 0. The lowest BCUT2D eigenvalue weighted by molar-refractivity contribution is 0.160. The number of thiophene rings is 1. The first-order valence-corrected chi connectivity index (χ1v) is 8.24. The summed E-state index contributed by atoms with van der Waals surface area (Å²) in [6.45, 7) is 8.31. The summed E-state index contributed by atoms with van der Waals surface area (Å²) in [6.07, 6.45) is 6.72. The molecular weight excluding hydrogens is 238 g/mol. The van der Waals surface area contributed by atoms with Crippen molar-refractivity contribution < 1.29 is 0 Å². The van der Waals surface area contributed by atoms with Crippen LogP contribution in [0.5, 0.6) is 0 Å². The Balaban J connectivity index is 1.65. The molecule has 0 amide bonds. The summed E-state index contributed by atoms with van der Waals surface area (Å²) in [4.78, 5) is 0. The van der Waals surface area contributed by atoms with E-state index in [1.54, 1.807) is 11.3 Å². The first-order valence-electron chi connectivity index (χ1n) is 7.30. The van der Waals surface area contributed by atoms with Gasteiger partial charge in [-0.2, -0.15) is 11.3 Å². The fourth-order valence-electron chi connectivity index (χ4n) is 3.02. The summed E-state index contributed by atoms with van der Waals surface area (Å²) in [7, 11) is 0. The van der Waals surface area contributed by atoms with Crippen molar-refractivity contribution in [3.8, 4) is 0 Å². The van der Waals surface area contributed by atoms with E-state index in [9.17, 15) is 0 Å². The summed E-state index contributed by atoms with van der Waals surface area (Å²) >= 11 is 1.80. The van der Waals surface area contributed by atoms with Crippen molar-refractivity contribution in [3.63, 3.8) is 0 Å². The van der Waals surface area contributed by atoms with Crippen LogP contribution in [-0.4, -0.2) is 12.6 Å². The van der Waals surface area contributed by atoms with Crippen LogP contribution in [0, 0.1) is 11.3 Å². The fraction of sp³-hybridized carbons (Fsp3) is 0.750. The Morgan fingerprint density at radius 3 is 2.50 bits per heavy atom. The molecule has 2 rings (SSSR count). The molecule has 0 atom stereocenters. The zero-order chi connectivity index (χ0) is 13.0. The first kappa shape index (κ1) is 14.1. The van der Waals surface area contributed by atoms with Crippen LogP contribution in [0.3, 0.4) is 0 Å². The predicted molar refractivity (Wildman–Crippen MR) is 81.2 cm³/mol. The lowest BCUT2D eigenvalue weighted by Crippen LogP contribution is -2.37. The average molecular weight is 265 g/mol. The second kappa shape index (κ2) is 6.21. The average Bonchev–Trinajstić information content (AvgIpc) is 2.82. The van der Waals surface area contributed by atoms with Gasteiger partial charge in [0, 0.05) is 6.04 Å². The van der Waals surface area contributed by atoms with Gasteiger partial charge in [0.25, 0.3) is 0 Å². The molecule has 1 aliphatic carbocycles. The molecule has 0 radical (unpaired) electrons. The molecule has 0 aromatic carbocycles. The molecule has 0 aliphatic heterocycles. The van der Waals surface area contributed by atoms with Gasteiger partial charge < -0.3 is 5.32 Å². The summed E-state index contributed by atoms with van der Waals surface area (Å²) in [5, 5.41) is 8.17. The Labute approximate surface area is 116 Å². The molecule has 0 saturated heterocycles. The van der Waals surface area contributed by atoms with Gasteiger partial charge in [-0.15, -0.1) is 0 Å². The number of hydrogen-bond donors (Lipinski definition) is 1. The highest BCUT2D eigenvalue weighted by Gasteiger charge is 2.29. The van der Waals surface area contributed by atoms with Gasteiger partial charge in [0.15, 0.2) is 0 Å². The van der Waals surface area contributed by atoms with Crippen LogP contribution in [0.4, 0.5) is 0 Å².